The molecule has 0 saturated heterocycles. The van der Waals surface area contributed by atoms with E-state index in [1.807, 2.05) is 0 Å². The van der Waals surface area contributed by atoms with E-state index < -0.39 is 24.3 Å². The van der Waals surface area contributed by atoms with Gasteiger partial charge in [0.2, 0.25) is 0 Å². The van der Waals surface area contributed by atoms with E-state index in [-0.39, 0.29) is 11.4 Å². The van der Waals surface area contributed by atoms with Crippen LogP contribution < -0.4 is 10.9 Å². The maximum atomic E-state index is 12.4. The van der Waals surface area contributed by atoms with Crippen molar-refractivity contribution in [2.24, 2.45) is 0 Å². The predicted molar refractivity (Wildman–Crippen MR) is 75.6 cm³/mol. The molecule has 2 aromatic rings. The topological polar surface area (TPSA) is 79.2 Å². The van der Waals surface area contributed by atoms with Crippen LogP contribution in [0.4, 0.5) is 13.2 Å². The number of amides is 1. The fourth-order valence-electron chi connectivity index (χ4n) is 1.73. The van der Waals surface area contributed by atoms with E-state index in [9.17, 15) is 23.1 Å². The van der Waals surface area contributed by atoms with Crippen molar-refractivity contribution in [1.29, 1.82) is 0 Å². The second-order valence-corrected chi connectivity index (χ2v) is 4.57. The van der Waals surface area contributed by atoms with Crippen molar-refractivity contribution < 1.29 is 23.1 Å². The first-order valence-electron chi connectivity index (χ1n) is 6.40. The summed E-state index contributed by atoms with van der Waals surface area (Å²) in [5.41, 5.74) is 4.28. The Morgan fingerprint density at radius 1 is 1.26 bits per heavy atom. The van der Waals surface area contributed by atoms with Gasteiger partial charge >= 0.3 is 6.18 Å². The van der Waals surface area contributed by atoms with Gasteiger partial charge in [0.05, 0.1) is 5.70 Å². The maximum Gasteiger partial charge on any atom is 0.435 e. The molecule has 1 aromatic carbocycles. The molecule has 1 amide bonds. The van der Waals surface area contributed by atoms with Gasteiger partial charge in [0.25, 0.3) is 5.91 Å². The first-order valence-corrected chi connectivity index (χ1v) is 6.40. The highest BCUT2D eigenvalue weighted by Crippen LogP contribution is 2.27. The second-order valence-electron chi connectivity index (χ2n) is 4.57. The Labute approximate surface area is 129 Å². The van der Waals surface area contributed by atoms with E-state index >= 15 is 0 Å². The molecule has 122 valence electrons. The number of rotatable bonds is 5. The van der Waals surface area contributed by atoms with Gasteiger partial charge in [0, 0.05) is 11.8 Å². The molecule has 0 aliphatic rings. The summed E-state index contributed by atoms with van der Waals surface area (Å²) in [6.45, 7) is 3.24. The summed E-state index contributed by atoms with van der Waals surface area (Å²) in [6.07, 6.45) is -3.50. The van der Waals surface area contributed by atoms with E-state index in [4.69, 9.17) is 0 Å². The van der Waals surface area contributed by atoms with Crippen molar-refractivity contribution in [1.82, 2.24) is 20.6 Å². The minimum absolute atomic E-state index is 0.0267. The first kappa shape index (κ1) is 16.4. The van der Waals surface area contributed by atoms with Gasteiger partial charge in [-0.2, -0.15) is 18.3 Å². The molecule has 1 aromatic heterocycles. The highest BCUT2D eigenvalue weighted by Gasteiger charge is 2.33. The standard InChI is InChI=1S/C14H13F3N4O2/c1-9(10-4-2-3-5-11(10)22)18-19-13(23)8-21-7-6-12(20-21)14(15,16)17/h2-7,18,22H,1,8H2,(H,19,23). The van der Waals surface area contributed by atoms with Gasteiger partial charge in [-0.15, -0.1) is 0 Å². The molecule has 0 unspecified atom stereocenters. The van der Waals surface area contributed by atoms with E-state index in [0.29, 0.717) is 5.56 Å². The first-order chi connectivity index (χ1) is 10.8. The van der Waals surface area contributed by atoms with Crippen molar-refractivity contribution in [2.75, 3.05) is 0 Å². The van der Waals surface area contributed by atoms with Gasteiger partial charge in [-0.25, -0.2) is 0 Å². The normalized spacial score (nSPS) is 11.1. The number of halogens is 3. The van der Waals surface area contributed by atoms with Gasteiger partial charge in [-0.05, 0) is 18.2 Å². The van der Waals surface area contributed by atoms with Crippen molar-refractivity contribution in [3.8, 4) is 5.75 Å². The number of hydrogen-bond acceptors (Lipinski definition) is 4. The minimum atomic E-state index is -4.56. The van der Waals surface area contributed by atoms with Gasteiger partial charge in [0.15, 0.2) is 5.69 Å². The molecule has 6 nitrogen and oxygen atoms in total. The quantitative estimate of drug-likeness (QED) is 0.733. The highest BCUT2D eigenvalue weighted by molar-refractivity contribution is 5.77. The molecule has 0 radical (unpaired) electrons. The van der Waals surface area contributed by atoms with Crippen LogP contribution in [-0.4, -0.2) is 20.8 Å². The van der Waals surface area contributed by atoms with Crippen LogP contribution in [-0.2, 0) is 17.5 Å². The Bertz CT molecular complexity index is 725. The summed E-state index contributed by atoms with van der Waals surface area (Å²) in [4.78, 5) is 11.7. The number of nitrogens with one attached hydrogen (secondary N) is 2. The molecule has 0 aliphatic heterocycles. The lowest BCUT2D eigenvalue weighted by molar-refractivity contribution is -0.141. The molecule has 0 spiro atoms. The molecule has 23 heavy (non-hydrogen) atoms. The summed E-state index contributed by atoms with van der Waals surface area (Å²) in [6, 6.07) is 7.11. The van der Waals surface area contributed by atoms with Crippen LogP contribution in [0.15, 0.2) is 43.1 Å². The summed E-state index contributed by atoms with van der Waals surface area (Å²) < 4.78 is 38.0. The Morgan fingerprint density at radius 3 is 2.57 bits per heavy atom. The number of nitrogens with zero attached hydrogens (tertiary/aromatic N) is 2. The lowest BCUT2D eigenvalue weighted by atomic mass is 10.1. The van der Waals surface area contributed by atoms with E-state index in [1.165, 1.54) is 6.07 Å². The smallest absolute Gasteiger partial charge is 0.435 e. The molecule has 1 heterocycles. The molecular weight excluding hydrogens is 313 g/mol. The third-order valence-electron chi connectivity index (χ3n) is 2.82. The van der Waals surface area contributed by atoms with Gasteiger partial charge in [0.1, 0.15) is 12.3 Å². The highest BCUT2D eigenvalue weighted by atomic mass is 19.4. The molecule has 0 atom stereocenters. The largest absolute Gasteiger partial charge is 0.507 e. The number of phenols is 1. The number of aromatic nitrogens is 2. The number of hydrazine groups is 1. The van der Waals surface area contributed by atoms with Gasteiger partial charge < -0.3 is 5.11 Å². The molecule has 0 bridgehead atoms. The number of alkyl halides is 3. The predicted octanol–water partition coefficient (Wildman–Crippen LogP) is 1.90. The Balaban J connectivity index is 1.89. The van der Waals surface area contributed by atoms with Crippen LogP contribution in [0.5, 0.6) is 5.75 Å². The zero-order chi connectivity index (χ0) is 17.0. The van der Waals surface area contributed by atoms with Crippen LogP contribution in [0.2, 0.25) is 0 Å². The van der Waals surface area contributed by atoms with Crippen molar-refractivity contribution >= 4 is 11.6 Å². The third-order valence-corrected chi connectivity index (χ3v) is 2.82. The van der Waals surface area contributed by atoms with Crippen LogP contribution in [0.3, 0.4) is 0 Å². The number of para-hydroxylation sites is 1. The Morgan fingerprint density at radius 2 is 1.96 bits per heavy atom. The molecule has 3 N–H and O–H groups in total. The van der Waals surface area contributed by atoms with Crippen molar-refractivity contribution in [3.05, 3.63) is 54.4 Å². The van der Waals surface area contributed by atoms with Crippen molar-refractivity contribution in [2.45, 2.75) is 12.7 Å². The zero-order valence-corrected chi connectivity index (χ0v) is 11.8. The van der Waals surface area contributed by atoms with E-state index in [0.717, 1.165) is 16.9 Å². The average Bonchev–Trinajstić information content (AvgIpc) is 2.94. The molecule has 0 aliphatic carbocycles. The number of carbonyl (C=O) groups is 1. The Kier molecular flexibility index (Phi) is 4.58. The van der Waals surface area contributed by atoms with Crippen LogP contribution >= 0.6 is 0 Å². The van der Waals surface area contributed by atoms with Crippen molar-refractivity contribution in [3.63, 3.8) is 0 Å². The zero-order valence-electron chi connectivity index (χ0n) is 11.8. The minimum Gasteiger partial charge on any atom is -0.507 e. The number of phenolic OH excluding ortho intramolecular Hbond substituents is 1. The van der Waals surface area contributed by atoms with Gasteiger partial charge in [-0.3, -0.25) is 20.3 Å². The fourth-order valence-corrected chi connectivity index (χ4v) is 1.73. The molecule has 9 heteroatoms. The number of hydrogen-bond donors (Lipinski definition) is 3. The summed E-state index contributed by atoms with van der Waals surface area (Å²) in [7, 11) is 0. The lowest BCUT2D eigenvalue weighted by Gasteiger charge is -2.12. The molecular formula is C14H13F3N4O2. The summed E-state index contributed by atoms with van der Waals surface area (Å²) >= 11 is 0. The summed E-state index contributed by atoms with van der Waals surface area (Å²) in [5, 5.41) is 12.9. The van der Waals surface area contributed by atoms with Gasteiger partial charge in [-0.1, -0.05) is 18.7 Å². The molecule has 0 saturated carbocycles. The van der Waals surface area contributed by atoms with Crippen LogP contribution in [0.25, 0.3) is 5.70 Å². The number of aromatic hydroxyl groups is 1. The second kappa shape index (κ2) is 6.42. The third kappa shape index (κ3) is 4.25. The fraction of sp³-hybridized carbons (Fsp3) is 0.143. The molecule has 2 rings (SSSR count). The SMILES string of the molecule is C=C(NNC(=O)Cn1ccc(C(F)(F)F)n1)c1ccccc1O. The lowest BCUT2D eigenvalue weighted by Crippen LogP contribution is -2.38. The molecule has 0 fully saturated rings. The Hall–Kier alpha value is -2.97. The maximum absolute atomic E-state index is 12.4. The van der Waals surface area contributed by atoms with Crippen LogP contribution in [0, 0.1) is 0 Å². The monoisotopic (exact) mass is 326 g/mol. The summed E-state index contributed by atoms with van der Waals surface area (Å²) in [5.74, 6) is -0.653. The number of carbonyl (C=O) groups excluding carboxylic acids is 1. The van der Waals surface area contributed by atoms with E-state index in [1.54, 1.807) is 18.2 Å². The number of benzene rings is 1. The van der Waals surface area contributed by atoms with Crippen LogP contribution in [0.1, 0.15) is 11.3 Å². The average molecular weight is 326 g/mol. The van der Waals surface area contributed by atoms with E-state index in [2.05, 4.69) is 22.5 Å².